The van der Waals surface area contributed by atoms with Gasteiger partial charge in [0.2, 0.25) is 0 Å². The fourth-order valence-corrected chi connectivity index (χ4v) is 3.60. The number of methoxy groups -OCH3 is 2. The molecule has 0 saturated heterocycles. The number of rotatable bonds is 6. The Hall–Kier alpha value is -2.34. The number of nitrogens with zero attached hydrogens (tertiary/aromatic N) is 3. The number of hydrogen-bond acceptors (Lipinski definition) is 4. The SMILES string of the molecule is COCc1nn(CC2CC2)c2c1CN(C(=O)c1ccc(OC)cc1)CC2. The highest BCUT2D eigenvalue weighted by atomic mass is 16.5. The number of fused-ring (bicyclic) bond motifs is 1. The molecule has 2 heterocycles. The van der Waals surface area contributed by atoms with Crippen molar-refractivity contribution >= 4 is 5.91 Å². The van der Waals surface area contributed by atoms with Gasteiger partial charge in [0.1, 0.15) is 5.75 Å². The van der Waals surface area contributed by atoms with Crippen molar-refractivity contribution < 1.29 is 14.3 Å². The average Bonchev–Trinajstić information content (AvgIpc) is 3.44. The number of aromatic nitrogens is 2. The first kappa shape index (κ1) is 17.1. The molecule has 26 heavy (non-hydrogen) atoms. The Morgan fingerprint density at radius 1 is 1.23 bits per heavy atom. The zero-order valence-electron chi connectivity index (χ0n) is 15.4. The van der Waals surface area contributed by atoms with Crippen LogP contribution in [0.4, 0.5) is 0 Å². The molecule has 1 aliphatic heterocycles. The van der Waals surface area contributed by atoms with E-state index in [9.17, 15) is 4.79 Å². The van der Waals surface area contributed by atoms with E-state index in [0.717, 1.165) is 36.9 Å². The zero-order valence-corrected chi connectivity index (χ0v) is 15.4. The van der Waals surface area contributed by atoms with Crippen molar-refractivity contribution in [2.24, 2.45) is 5.92 Å². The van der Waals surface area contributed by atoms with Gasteiger partial charge in [-0.25, -0.2) is 0 Å². The maximum absolute atomic E-state index is 12.9. The molecule has 2 aliphatic rings. The fourth-order valence-electron chi connectivity index (χ4n) is 3.60. The minimum atomic E-state index is 0.0524. The molecule has 6 nitrogen and oxygen atoms in total. The predicted octanol–water partition coefficient (Wildman–Crippen LogP) is 2.65. The van der Waals surface area contributed by atoms with E-state index in [1.807, 2.05) is 29.2 Å². The van der Waals surface area contributed by atoms with Crippen LogP contribution in [0.2, 0.25) is 0 Å². The molecule has 1 fully saturated rings. The molecule has 4 rings (SSSR count). The monoisotopic (exact) mass is 355 g/mol. The summed E-state index contributed by atoms with van der Waals surface area (Å²) < 4.78 is 12.7. The Kier molecular flexibility index (Phi) is 4.68. The van der Waals surface area contributed by atoms with Gasteiger partial charge in [-0.05, 0) is 43.0 Å². The lowest BCUT2D eigenvalue weighted by molar-refractivity contribution is 0.0731. The molecule has 138 valence electrons. The van der Waals surface area contributed by atoms with Crippen LogP contribution in [-0.2, 0) is 30.9 Å². The Bertz CT molecular complexity index is 793. The largest absolute Gasteiger partial charge is 0.497 e. The maximum atomic E-state index is 12.9. The van der Waals surface area contributed by atoms with Gasteiger partial charge in [-0.3, -0.25) is 9.48 Å². The standard InChI is InChI=1S/C20H25N3O3/c1-25-13-18-17-12-22(20(24)15-5-7-16(26-2)8-6-15)10-9-19(17)23(21-18)11-14-3-4-14/h5-8,14H,3-4,9-13H2,1-2H3. The summed E-state index contributed by atoms with van der Waals surface area (Å²) in [5, 5.41) is 4.79. The van der Waals surface area contributed by atoms with Gasteiger partial charge in [0.15, 0.2) is 0 Å². The number of benzene rings is 1. The van der Waals surface area contributed by atoms with E-state index in [1.165, 1.54) is 24.1 Å². The van der Waals surface area contributed by atoms with Gasteiger partial charge in [-0.1, -0.05) is 0 Å². The lowest BCUT2D eigenvalue weighted by Crippen LogP contribution is -2.36. The van der Waals surface area contributed by atoms with E-state index < -0.39 is 0 Å². The minimum absolute atomic E-state index is 0.0524. The van der Waals surface area contributed by atoms with Gasteiger partial charge in [-0.15, -0.1) is 0 Å². The van der Waals surface area contributed by atoms with Crippen molar-refractivity contribution in [2.45, 2.75) is 39.0 Å². The number of carbonyl (C=O) groups excluding carboxylic acids is 1. The molecular weight excluding hydrogens is 330 g/mol. The first-order valence-corrected chi connectivity index (χ1v) is 9.19. The van der Waals surface area contributed by atoms with Crippen LogP contribution < -0.4 is 4.74 Å². The summed E-state index contributed by atoms with van der Waals surface area (Å²) in [6.45, 7) is 2.81. The summed E-state index contributed by atoms with van der Waals surface area (Å²) in [4.78, 5) is 14.8. The first-order chi connectivity index (χ1) is 12.7. The van der Waals surface area contributed by atoms with Crippen molar-refractivity contribution in [2.75, 3.05) is 20.8 Å². The smallest absolute Gasteiger partial charge is 0.254 e. The number of amides is 1. The summed E-state index contributed by atoms with van der Waals surface area (Å²) in [7, 11) is 3.31. The average molecular weight is 355 g/mol. The van der Waals surface area contributed by atoms with Crippen molar-refractivity contribution in [1.82, 2.24) is 14.7 Å². The predicted molar refractivity (Wildman–Crippen MR) is 97.1 cm³/mol. The normalized spacial score (nSPS) is 16.5. The van der Waals surface area contributed by atoms with Gasteiger partial charge < -0.3 is 14.4 Å². The van der Waals surface area contributed by atoms with E-state index in [1.54, 1.807) is 14.2 Å². The molecule has 6 heteroatoms. The third-order valence-electron chi connectivity index (χ3n) is 5.25. The van der Waals surface area contributed by atoms with E-state index >= 15 is 0 Å². The molecular formula is C20H25N3O3. The van der Waals surface area contributed by atoms with Gasteiger partial charge in [-0.2, -0.15) is 5.10 Å². The summed E-state index contributed by atoms with van der Waals surface area (Å²) in [6.07, 6.45) is 3.45. The van der Waals surface area contributed by atoms with Crippen LogP contribution in [-0.4, -0.2) is 41.4 Å². The van der Waals surface area contributed by atoms with Crippen LogP contribution in [0.25, 0.3) is 0 Å². The Labute approximate surface area is 153 Å². The number of hydrogen-bond donors (Lipinski definition) is 0. The molecule has 0 radical (unpaired) electrons. The van der Waals surface area contributed by atoms with E-state index in [0.29, 0.717) is 18.7 Å². The van der Waals surface area contributed by atoms with Crippen LogP contribution in [0, 0.1) is 5.92 Å². The second kappa shape index (κ2) is 7.11. The summed E-state index contributed by atoms with van der Waals surface area (Å²) in [6, 6.07) is 7.30. The van der Waals surface area contributed by atoms with Crippen molar-refractivity contribution in [3.05, 3.63) is 46.8 Å². The van der Waals surface area contributed by atoms with E-state index in [2.05, 4.69) is 4.68 Å². The van der Waals surface area contributed by atoms with Gasteiger partial charge in [0.25, 0.3) is 5.91 Å². The first-order valence-electron chi connectivity index (χ1n) is 9.19. The molecule has 0 atom stereocenters. The van der Waals surface area contributed by atoms with Crippen LogP contribution >= 0.6 is 0 Å². The molecule has 1 aliphatic carbocycles. The topological polar surface area (TPSA) is 56.6 Å². The third-order valence-corrected chi connectivity index (χ3v) is 5.25. The molecule has 0 spiro atoms. The van der Waals surface area contributed by atoms with Crippen molar-refractivity contribution in [3.63, 3.8) is 0 Å². The third kappa shape index (κ3) is 3.33. The zero-order chi connectivity index (χ0) is 18.1. The lowest BCUT2D eigenvalue weighted by Gasteiger charge is -2.28. The van der Waals surface area contributed by atoms with Gasteiger partial charge >= 0.3 is 0 Å². The van der Waals surface area contributed by atoms with Gasteiger partial charge in [0, 0.05) is 50.0 Å². The second-order valence-corrected chi connectivity index (χ2v) is 7.14. The molecule has 0 unspecified atom stereocenters. The highest BCUT2D eigenvalue weighted by molar-refractivity contribution is 5.94. The van der Waals surface area contributed by atoms with E-state index in [-0.39, 0.29) is 5.91 Å². The highest BCUT2D eigenvalue weighted by Crippen LogP contribution is 2.33. The van der Waals surface area contributed by atoms with Crippen LogP contribution in [0.5, 0.6) is 5.75 Å². The fraction of sp³-hybridized carbons (Fsp3) is 0.500. The van der Waals surface area contributed by atoms with Crippen LogP contribution in [0.3, 0.4) is 0 Å². The maximum Gasteiger partial charge on any atom is 0.254 e. The van der Waals surface area contributed by atoms with Crippen molar-refractivity contribution in [3.8, 4) is 5.75 Å². The Morgan fingerprint density at radius 2 is 2.00 bits per heavy atom. The molecule has 2 aromatic rings. The van der Waals surface area contributed by atoms with Crippen molar-refractivity contribution in [1.29, 1.82) is 0 Å². The van der Waals surface area contributed by atoms with E-state index in [4.69, 9.17) is 14.6 Å². The summed E-state index contributed by atoms with van der Waals surface area (Å²) in [5.41, 5.74) is 4.10. The molecule has 1 aromatic heterocycles. The molecule has 0 bridgehead atoms. The lowest BCUT2D eigenvalue weighted by atomic mass is 10.0. The van der Waals surface area contributed by atoms with Gasteiger partial charge in [0.05, 0.1) is 19.4 Å². The minimum Gasteiger partial charge on any atom is -0.497 e. The number of carbonyl (C=O) groups is 1. The Morgan fingerprint density at radius 3 is 2.65 bits per heavy atom. The quantitative estimate of drug-likeness (QED) is 0.799. The van der Waals surface area contributed by atoms with Crippen LogP contribution in [0.1, 0.15) is 40.2 Å². The molecule has 1 amide bonds. The molecule has 0 N–H and O–H groups in total. The molecule has 1 saturated carbocycles. The highest BCUT2D eigenvalue weighted by Gasteiger charge is 2.30. The second-order valence-electron chi connectivity index (χ2n) is 7.14. The Balaban J connectivity index is 1.55. The summed E-state index contributed by atoms with van der Waals surface area (Å²) >= 11 is 0. The number of ether oxygens (including phenoxy) is 2. The molecule has 1 aromatic carbocycles. The van der Waals surface area contributed by atoms with Crippen LogP contribution in [0.15, 0.2) is 24.3 Å². The summed E-state index contributed by atoms with van der Waals surface area (Å²) in [5.74, 6) is 1.58.